The van der Waals surface area contributed by atoms with Gasteiger partial charge in [-0.2, -0.15) is 13.2 Å². The van der Waals surface area contributed by atoms with Gasteiger partial charge >= 0.3 is 6.18 Å². The average molecular weight is 321 g/mol. The van der Waals surface area contributed by atoms with E-state index in [4.69, 9.17) is 23.2 Å². The molecule has 6 heteroatoms. The third kappa shape index (κ3) is 3.26. The van der Waals surface area contributed by atoms with Crippen molar-refractivity contribution in [3.05, 3.63) is 57.6 Å². The molecule has 0 amide bonds. The van der Waals surface area contributed by atoms with Crippen LogP contribution < -0.4 is 0 Å². The van der Waals surface area contributed by atoms with Crippen LogP contribution in [-0.4, -0.2) is 5.11 Å². The summed E-state index contributed by atoms with van der Waals surface area (Å²) in [5.74, 6) is 0. The lowest BCUT2D eigenvalue weighted by Crippen LogP contribution is -2.06. The fourth-order valence-electron chi connectivity index (χ4n) is 1.89. The Morgan fingerprint density at radius 1 is 0.950 bits per heavy atom. The van der Waals surface area contributed by atoms with Gasteiger partial charge in [-0.3, -0.25) is 0 Å². The Hall–Kier alpha value is -1.23. The van der Waals surface area contributed by atoms with Gasteiger partial charge in [-0.1, -0.05) is 29.3 Å². The van der Waals surface area contributed by atoms with Gasteiger partial charge in [-0.05, 0) is 47.0 Å². The zero-order chi connectivity index (χ0) is 14.9. The molecule has 0 fully saturated rings. The van der Waals surface area contributed by atoms with E-state index in [9.17, 15) is 18.3 Å². The van der Waals surface area contributed by atoms with Crippen molar-refractivity contribution in [2.75, 3.05) is 0 Å². The number of rotatable bonds is 2. The molecule has 0 aliphatic carbocycles. The second kappa shape index (κ2) is 5.64. The Morgan fingerprint density at radius 2 is 1.55 bits per heavy atom. The number of hydrogen-bond donors (Lipinski definition) is 1. The molecule has 0 aliphatic heterocycles. The third-order valence-electron chi connectivity index (χ3n) is 2.78. The van der Waals surface area contributed by atoms with E-state index in [1.807, 2.05) is 0 Å². The monoisotopic (exact) mass is 320 g/mol. The highest BCUT2D eigenvalue weighted by atomic mass is 35.5. The van der Waals surface area contributed by atoms with Crippen LogP contribution in [0, 0.1) is 0 Å². The number of halogens is 5. The normalized spacial score (nSPS) is 11.7. The Labute approximate surface area is 123 Å². The van der Waals surface area contributed by atoms with Crippen LogP contribution in [0.1, 0.15) is 11.1 Å². The van der Waals surface area contributed by atoms with E-state index in [0.29, 0.717) is 21.2 Å². The first-order valence-corrected chi connectivity index (χ1v) is 6.34. The smallest absolute Gasteiger partial charge is 0.392 e. The summed E-state index contributed by atoms with van der Waals surface area (Å²) in [6.07, 6.45) is -4.45. The Balaban J connectivity index is 2.57. The number of alkyl halides is 3. The summed E-state index contributed by atoms with van der Waals surface area (Å²) in [7, 11) is 0. The van der Waals surface area contributed by atoms with Gasteiger partial charge in [0.2, 0.25) is 0 Å². The van der Waals surface area contributed by atoms with Crippen LogP contribution in [0.3, 0.4) is 0 Å². The van der Waals surface area contributed by atoms with Crippen LogP contribution in [0.25, 0.3) is 11.1 Å². The molecule has 0 atom stereocenters. The summed E-state index contributed by atoms with van der Waals surface area (Å²) in [4.78, 5) is 0. The highest BCUT2D eigenvalue weighted by molar-refractivity contribution is 6.35. The van der Waals surface area contributed by atoms with Crippen molar-refractivity contribution >= 4 is 23.2 Å². The maximum absolute atomic E-state index is 12.6. The molecule has 0 radical (unpaired) electrons. The van der Waals surface area contributed by atoms with Crippen molar-refractivity contribution in [1.29, 1.82) is 0 Å². The topological polar surface area (TPSA) is 20.2 Å². The fraction of sp³-hybridized carbons (Fsp3) is 0.143. The first-order valence-electron chi connectivity index (χ1n) is 5.58. The first kappa shape index (κ1) is 15.2. The minimum atomic E-state index is -4.45. The second-order valence-corrected chi connectivity index (χ2v) is 5.06. The number of aliphatic hydroxyl groups is 1. The van der Waals surface area contributed by atoms with Crippen LogP contribution in [0.2, 0.25) is 10.0 Å². The number of hydrogen-bond acceptors (Lipinski definition) is 1. The molecule has 1 nitrogen and oxygen atoms in total. The van der Waals surface area contributed by atoms with Gasteiger partial charge < -0.3 is 5.11 Å². The fourth-order valence-corrected chi connectivity index (χ4v) is 2.42. The molecule has 2 aromatic rings. The predicted octanol–water partition coefficient (Wildman–Crippen LogP) is 5.17. The standard InChI is InChI=1S/C14H9Cl2F3O/c15-11-4-8(5-12(16)6-11)13-2-1-10(14(17,18)19)3-9(13)7-20/h1-6,20H,7H2. The van der Waals surface area contributed by atoms with Gasteiger partial charge in [-0.25, -0.2) is 0 Å². The van der Waals surface area contributed by atoms with Crippen molar-refractivity contribution < 1.29 is 18.3 Å². The van der Waals surface area contributed by atoms with Crippen LogP contribution in [0.15, 0.2) is 36.4 Å². The van der Waals surface area contributed by atoms with Crippen LogP contribution >= 0.6 is 23.2 Å². The van der Waals surface area contributed by atoms with Gasteiger partial charge in [0.05, 0.1) is 12.2 Å². The predicted molar refractivity (Wildman–Crippen MR) is 72.8 cm³/mol. The van der Waals surface area contributed by atoms with E-state index in [2.05, 4.69) is 0 Å². The van der Waals surface area contributed by atoms with Crippen molar-refractivity contribution in [2.24, 2.45) is 0 Å². The second-order valence-electron chi connectivity index (χ2n) is 4.19. The van der Waals surface area contributed by atoms with Gasteiger partial charge in [0.25, 0.3) is 0 Å². The van der Waals surface area contributed by atoms with Crippen molar-refractivity contribution in [3.8, 4) is 11.1 Å². The molecule has 2 rings (SSSR count). The maximum Gasteiger partial charge on any atom is 0.416 e. The number of benzene rings is 2. The van der Waals surface area contributed by atoms with E-state index in [1.54, 1.807) is 12.1 Å². The highest BCUT2D eigenvalue weighted by Crippen LogP contribution is 2.35. The molecule has 0 saturated heterocycles. The molecule has 0 unspecified atom stereocenters. The summed E-state index contributed by atoms with van der Waals surface area (Å²) >= 11 is 11.7. The van der Waals surface area contributed by atoms with Crippen LogP contribution in [0.5, 0.6) is 0 Å². The van der Waals surface area contributed by atoms with E-state index in [0.717, 1.165) is 12.1 Å². The van der Waals surface area contributed by atoms with E-state index >= 15 is 0 Å². The lowest BCUT2D eigenvalue weighted by Gasteiger charge is -2.13. The SMILES string of the molecule is OCc1cc(C(F)(F)F)ccc1-c1cc(Cl)cc(Cl)c1. The molecule has 20 heavy (non-hydrogen) atoms. The van der Waals surface area contributed by atoms with E-state index in [-0.39, 0.29) is 5.56 Å². The molecule has 0 spiro atoms. The van der Waals surface area contributed by atoms with Crippen molar-refractivity contribution in [1.82, 2.24) is 0 Å². The first-order chi connectivity index (χ1) is 9.31. The van der Waals surface area contributed by atoms with Gasteiger partial charge in [0.15, 0.2) is 0 Å². The summed E-state index contributed by atoms with van der Waals surface area (Å²) in [6, 6.07) is 7.86. The minimum Gasteiger partial charge on any atom is -0.392 e. The lowest BCUT2D eigenvalue weighted by molar-refractivity contribution is -0.137. The van der Waals surface area contributed by atoms with Crippen LogP contribution in [0.4, 0.5) is 13.2 Å². The molecule has 0 bridgehead atoms. The van der Waals surface area contributed by atoms with Gasteiger partial charge in [0.1, 0.15) is 0 Å². The Bertz CT molecular complexity index is 619. The van der Waals surface area contributed by atoms with Gasteiger partial charge in [-0.15, -0.1) is 0 Å². The van der Waals surface area contributed by atoms with Gasteiger partial charge in [0, 0.05) is 10.0 Å². The lowest BCUT2D eigenvalue weighted by atomic mass is 9.97. The maximum atomic E-state index is 12.6. The van der Waals surface area contributed by atoms with Crippen molar-refractivity contribution in [3.63, 3.8) is 0 Å². The zero-order valence-electron chi connectivity index (χ0n) is 10.0. The van der Waals surface area contributed by atoms with E-state index < -0.39 is 18.3 Å². The third-order valence-corrected chi connectivity index (χ3v) is 3.21. The molecule has 106 valence electrons. The molecule has 0 heterocycles. The van der Waals surface area contributed by atoms with E-state index in [1.165, 1.54) is 12.1 Å². The number of aliphatic hydroxyl groups excluding tert-OH is 1. The quantitative estimate of drug-likeness (QED) is 0.809. The largest absolute Gasteiger partial charge is 0.416 e. The minimum absolute atomic E-state index is 0.165. The highest BCUT2D eigenvalue weighted by Gasteiger charge is 2.31. The van der Waals surface area contributed by atoms with Crippen LogP contribution in [-0.2, 0) is 12.8 Å². The summed E-state index contributed by atoms with van der Waals surface area (Å²) < 4.78 is 37.9. The molecular formula is C14H9Cl2F3O. The summed E-state index contributed by atoms with van der Waals surface area (Å²) in [5, 5.41) is 10.0. The Morgan fingerprint density at radius 3 is 2.05 bits per heavy atom. The Kier molecular flexibility index (Phi) is 4.28. The molecule has 0 saturated carbocycles. The molecular weight excluding hydrogens is 312 g/mol. The molecule has 0 aromatic heterocycles. The molecule has 0 aliphatic rings. The van der Waals surface area contributed by atoms with Crippen molar-refractivity contribution in [2.45, 2.75) is 12.8 Å². The average Bonchev–Trinajstić information content (AvgIpc) is 2.35. The summed E-state index contributed by atoms with van der Waals surface area (Å²) in [5.41, 5.74) is 0.377. The molecule has 1 N–H and O–H groups in total. The zero-order valence-corrected chi connectivity index (χ0v) is 11.5. The summed E-state index contributed by atoms with van der Waals surface area (Å²) in [6.45, 7) is -0.511. The molecule has 2 aromatic carbocycles.